The molecule has 0 unspecified atom stereocenters. The molecule has 0 bridgehead atoms. The molecule has 0 spiro atoms. The minimum Gasteiger partial charge on any atom is -0.491 e. The Morgan fingerprint density at radius 2 is 1.81 bits per heavy atom. The average Bonchev–Trinajstić information content (AvgIpc) is 3.25. The summed E-state index contributed by atoms with van der Waals surface area (Å²) < 4.78 is 16.3. The number of carbonyl (C=O) groups excluding carboxylic acids is 2. The van der Waals surface area contributed by atoms with Crippen molar-refractivity contribution in [3.8, 4) is 17.2 Å². The molecule has 0 aliphatic carbocycles. The number of aromatic nitrogens is 1. The van der Waals surface area contributed by atoms with Gasteiger partial charge in [-0.3, -0.25) is 10.1 Å². The number of hydrogen-bond acceptors (Lipinski definition) is 7. The van der Waals surface area contributed by atoms with Gasteiger partial charge in [0.25, 0.3) is 5.91 Å². The molecule has 3 aromatic rings. The van der Waals surface area contributed by atoms with E-state index in [1.807, 2.05) is 26.0 Å². The molecule has 2 N–H and O–H groups in total. The van der Waals surface area contributed by atoms with Crippen molar-refractivity contribution in [3.05, 3.63) is 65.2 Å². The Morgan fingerprint density at radius 3 is 2.45 bits per heavy atom. The van der Waals surface area contributed by atoms with Crippen molar-refractivity contribution < 1.29 is 23.8 Å². The number of thiazole rings is 1. The maximum atomic E-state index is 12.7. The van der Waals surface area contributed by atoms with E-state index >= 15 is 0 Å². The first kappa shape index (κ1) is 22.1. The van der Waals surface area contributed by atoms with Crippen molar-refractivity contribution in [2.24, 2.45) is 0 Å². The van der Waals surface area contributed by atoms with Crippen molar-refractivity contribution in [1.29, 1.82) is 0 Å². The Hall–Kier alpha value is -3.59. The molecule has 0 atom stereocenters. The number of ether oxygens (including phenoxy) is 3. The van der Waals surface area contributed by atoms with Crippen LogP contribution in [0.3, 0.4) is 0 Å². The van der Waals surface area contributed by atoms with E-state index in [-0.39, 0.29) is 12.0 Å². The summed E-state index contributed by atoms with van der Waals surface area (Å²) in [6.07, 6.45) is 1.06. The van der Waals surface area contributed by atoms with E-state index in [9.17, 15) is 9.59 Å². The van der Waals surface area contributed by atoms with Crippen LogP contribution < -0.4 is 20.1 Å². The molecule has 0 saturated carbocycles. The summed E-state index contributed by atoms with van der Waals surface area (Å²) in [5.41, 5.74) is 1.28. The van der Waals surface area contributed by atoms with Gasteiger partial charge in [-0.1, -0.05) is 12.1 Å². The van der Waals surface area contributed by atoms with Crippen molar-refractivity contribution in [3.63, 3.8) is 0 Å². The molecule has 1 aromatic heterocycles. The number of carbonyl (C=O) groups is 2. The molecule has 3 rings (SSSR count). The zero-order valence-corrected chi connectivity index (χ0v) is 18.2. The van der Waals surface area contributed by atoms with Crippen molar-refractivity contribution in [1.82, 2.24) is 10.3 Å². The lowest BCUT2D eigenvalue weighted by atomic mass is 10.2. The number of alkyl carbamates (subject to hydrolysis) is 1. The number of anilines is 1. The van der Waals surface area contributed by atoms with Crippen LogP contribution in [-0.4, -0.2) is 30.2 Å². The third kappa shape index (κ3) is 6.71. The number of hydrogen-bond donors (Lipinski definition) is 2. The highest BCUT2D eigenvalue weighted by Gasteiger charge is 2.13. The van der Waals surface area contributed by atoms with E-state index in [0.29, 0.717) is 34.5 Å². The van der Waals surface area contributed by atoms with Gasteiger partial charge in [0.05, 0.1) is 13.2 Å². The van der Waals surface area contributed by atoms with Gasteiger partial charge in [0, 0.05) is 29.8 Å². The fraction of sp³-hybridized carbons (Fsp3) is 0.227. The van der Waals surface area contributed by atoms with Crippen LogP contribution in [0, 0.1) is 0 Å². The summed E-state index contributed by atoms with van der Waals surface area (Å²) in [5, 5.41) is 7.67. The molecule has 0 aliphatic heterocycles. The van der Waals surface area contributed by atoms with E-state index in [2.05, 4.69) is 20.4 Å². The van der Waals surface area contributed by atoms with Gasteiger partial charge in [0.2, 0.25) is 0 Å². The normalized spacial score (nSPS) is 10.5. The van der Waals surface area contributed by atoms with Crippen LogP contribution in [0.25, 0.3) is 0 Å². The smallest absolute Gasteiger partial charge is 0.407 e. The number of nitrogens with zero attached hydrogens (tertiary/aromatic N) is 1. The number of amides is 2. The topological polar surface area (TPSA) is 98.8 Å². The minimum atomic E-state index is -0.495. The van der Waals surface area contributed by atoms with Gasteiger partial charge in [0.15, 0.2) is 5.13 Å². The van der Waals surface area contributed by atoms with Crippen LogP contribution in [-0.2, 0) is 11.3 Å². The van der Waals surface area contributed by atoms with Crippen molar-refractivity contribution in [2.75, 3.05) is 12.4 Å². The summed E-state index contributed by atoms with van der Waals surface area (Å²) in [6, 6.07) is 12.2. The Bertz CT molecular complexity index is 1020. The summed E-state index contributed by atoms with van der Waals surface area (Å²) in [6.45, 7) is 4.15. The molecule has 1 heterocycles. The lowest BCUT2D eigenvalue weighted by Gasteiger charge is -2.14. The molecule has 31 heavy (non-hydrogen) atoms. The second-order valence-corrected chi connectivity index (χ2v) is 7.64. The lowest BCUT2D eigenvalue weighted by Crippen LogP contribution is -2.22. The van der Waals surface area contributed by atoms with Crippen LogP contribution in [0.2, 0.25) is 0 Å². The van der Waals surface area contributed by atoms with Gasteiger partial charge in [0.1, 0.15) is 17.2 Å². The maximum absolute atomic E-state index is 12.7. The Morgan fingerprint density at radius 1 is 1.06 bits per heavy atom. The van der Waals surface area contributed by atoms with Gasteiger partial charge in [-0.2, -0.15) is 0 Å². The zero-order chi connectivity index (χ0) is 22.2. The highest BCUT2D eigenvalue weighted by molar-refractivity contribution is 7.13. The van der Waals surface area contributed by atoms with E-state index in [4.69, 9.17) is 9.47 Å². The van der Waals surface area contributed by atoms with Gasteiger partial charge < -0.3 is 19.5 Å². The molecular formula is C22H23N3O5S. The van der Waals surface area contributed by atoms with Gasteiger partial charge in [-0.05, 0) is 43.7 Å². The van der Waals surface area contributed by atoms with Gasteiger partial charge in [-0.25, -0.2) is 9.78 Å². The largest absolute Gasteiger partial charge is 0.491 e. The highest BCUT2D eigenvalue weighted by atomic mass is 32.1. The minimum absolute atomic E-state index is 0.0632. The van der Waals surface area contributed by atoms with Gasteiger partial charge >= 0.3 is 6.09 Å². The van der Waals surface area contributed by atoms with Gasteiger partial charge in [-0.15, -0.1) is 11.3 Å². The number of rotatable bonds is 8. The monoisotopic (exact) mass is 441 g/mol. The first-order valence-corrected chi connectivity index (χ1v) is 10.4. The van der Waals surface area contributed by atoms with Crippen molar-refractivity contribution >= 4 is 28.5 Å². The van der Waals surface area contributed by atoms with Crippen LogP contribution in [0.1, 0.15) is 29.8 Å². The molecule has 0 saturated heterocycles. The standard InChI is InChI=1S/C22H23N3O5S/c1-14(2)29-18-10-16(20(26)25-21-23-8-9-31-21)11-19(12-18)30-17-6-4-15(5-7-17)13-24-22(27)28-3/h4-12,14H,13H2,1-3H3,(H,24,27)(H,23,25,26). The lowest BCUT2D eigenvalue weighted by molar-refractivity contribution is 0.102. The quantitative estimate of drug-likeness (QED) is 0.519. The molecule has 0 aliphatic rings. The molecule has 0 radical (unpaired) electrons. The molecule has 0 fully saturated rings. The first-order chi connectivity index (χ1) is 14.9. The Balaban J connectivity index is 1.76. The van der Waals surface area contributed by atoms with Crippen LogP contribution in [0.4, 0.5) is 9.93 Å². The summed E-state index contributed by atoms with van der Waals surface area (Å²) in [5.74, 6) is 1.26. The number of methoxy groups -OCH3 is 1. The first-order valence-electron chi connectivity index (χ1n) is 9.54. The molecular weight excluding hydrogens is 418 g/mol. The predicted molar refractivity (Wildman–Crippen MR) is 118 cm³/mol. The molecule has 2 aromatic carbocycles. The average molecular weight is 442 g/mol. The molecule has 162 valence electrons. The zero-order valence-electron chi connectivity index (χ0n) is 17.4. The number of nitrogens with one attached hydrogen (secondary N) is 2. The Kier molecular flexibility index (Phi) is 7.45. The van der Waals surface area contributed by atoms with E-state index in [1.54, 1.807) is 41.9 Å². The van der Waals surface area contributed by atoms with E-state index in [1.165, 1.54) is 18.4 Å². The molecule has 2 amide bonds. The summed E-state index contributed by atoms with van der Waals surface area (Å²) >= 11 is 1.34. The van der Waals surface area contributed by atoms with Crippen LogP contribution in [0.15, 0.2) is 54.0 Å². The maximum Gasteiger partial charge on any atom is 0.407 e. The highest BCUT2D eigenvalue weighted by Crippen LogP contribution is 2.29. The molecule has 9 heteroatoms. The van der Waals surface area contributed by atoms with E-state index in [0.717, 1.165) is 5.56 Å². The van der Waals surface area contributed by atoms with Crippen LogP contribution >= 0.6 is 11.3 Å². The SMILES string of the molecule is COC(=O)NCc1ccc(Oc2cc(OC(C)C)cc(C(=O)Nc3nccs3)c2)cc1. The van der Waals surface area contributed by atoms with Crippen molar-refractivity contribution in [2.45, 2.75) is 26.5 Å². The summed E-state index contributed by atoms with van der Waals surface area (Å²) in [4.78, 5) is 27.9. The second-order valence-electron chi connectivity index (χ2n) is 6.74. The fourth-order valence-electron chi connectivity index (χ4n) is 2.61. The third-order valence-corrected chi connectivity index (χ3v) is 4.64. The van der Waals surface area contributed by atoms with Crippen LogP contribution in [0.5, 0.6) is 17.2 Å². The second kappa shape index (κ2) is 10.4. The number of benzene rings is 2. The Labute approximate surface area is 184 Å². The molecule has 8 nitrogen and oxygen atoms in total. The summed E-state index contributed by atoms with van der Waals surface area (Å²) in [7, 11) is 1.31. The van der Waals surface area contributed by atoms with E-state index < -0.39 is 6.09 Å². The fourth-order valence-corrected chi connectivity index (χ4v) is 3.14. The predicted octanol–water partition coefficient (Wildman–Crippen LogP) is 4.83. The third-order valence-electron chi connectivity index (χ3n) is 3.95.